The first-order valence-corrected chi connectivity index (χ1v) is 8.10. The molecule has 1 aromatic carbocycles. The van der Waals surface area contributed by atoms with E-state index in [-0.39, 0.29) is 17.4 Å². The third-order valence-electron chi connectivity index (χ3n) is 5.43. The molecule has 2 unspecified atom stereocenters. The van der Waals surface area contributed by atoms with Gasteiger partial charge in [-0.05, 0) is 48.8 Å². The fraction of sp³-hybridized carbons (Fsp3) is 0.667. The Labute approximate surface area is 128 Å². The number of aryl methyl sites for hydroxylation is 1. The Hall–Kier alpha value is -1.06. The van der Waals surface area contributed by atoms with E-state index in [1.807, 2.05) is 13.0 Å². The minimum atomic E-state index is -0.373. The monoisotopic (exact) mass is 291 g/mol. The van der Waals surface area contributed by atoms with Gasteiger partial charge in [0.1, 0.15) is 5.75 Å². The third-order valence-corrected chi connectivity index (χ3v) is 5.43. The second-order valence-corrected chi connectivity index (χ2v) is 6.44. The van der Waals surface area contributed by atoms with Gasteiger partial charge in [0.25, 0.3) is 0 Å². The van der Waals surface area contributed by atoms with Crippen molar-refractivity contribution in [3.8, 4) is 5.75 Å². The molecular formula is C18H29NO2. The van der Waals surface area contributed by atoms with Gasteiger partial charge in [0, 0.05) is 12.5 Å². The van der Waals surface area contributed by atoms with Crippen LogP contribution in [0.5, 0.6) is 5.75 Å². The van der Waals surface area contributed by atoms with Crippen molar-refractivity contribution >= 4 is 0 Å². The molecule has 0 aliphatic heterocycles. The van der Waals surface area contributed by atoms with Crippen molar-refractivity contribution < 1.29 is 9.84 Å². The second kappa shape index (κ2) is 6.80. The summed E-state index contributed by atoms with van der Waals surface area (Å²) < 4.78 is 5.41. The van der Waals surface area contributed by atoms with Crippen molar-refractivity contribution in [2.45, 2.75) is 58.0 Å². The van der Waals surface area contributed by atoms with Crippen molar-refractivity contribution in [1.82, 2.24) is 0 Å². The number of aliphatic hydroxyl groups is 1. The molecule has 2 rings (SSSR count). The molecule has 118 valence electrons. The average Bonchev–Trinajstić information content (AvgIpc) is 2.99. The molecule has 3 heteroatoms. The lowest BCUT2D eigenvalue weighted by Crippen LogP contribution is -2.40. The van der Waals surface area contributed by atoms with Gasteiger partial charge in [-0.15, -0.1) is 0 Å². The zero-order valence-corrected chi connectivity index (χ0v) is 13.6. The van der Waals surface area contributed by atoms with Crippen LogP contribution in [0.1, 0.15) is 56.1 Å². The first kappa shape index (κ1) is 16.3. The van der Waals surface area contributed by atoms with Gasteiger partial charge >= 0.3 is 0 Å². The summed E-state index contributed by atoms with van der Waals surface area (Å²) >= 11 is 0. The topological polar surface area (TPSA) is 55.5 Å². The van der Waals surface area contributed by atoms with E-state index in [0.717, 1.165) is 36.1 Å². The summed E-state index contributed by atoms with van der Waals surface area (Å²) in [6.45, 7) is 4.69. The van der Waals surface area contributed by atoms with Crippen LogP contribution in [0, 0.1) is 12.3 Å². The van der Waals surface area contributed by atoms with Gasteiger partial charge < -0.3 is 15.6 Å². The summed E-state index contributed by atoms with van der Waals surface area (Å²) in [7, 11) is 1.69. The summed E-state index contributed by atoms with van der Waals surface area (Å²) in [6, 6.07) is 6.17. The predicted octanol–water partition coefficient (Wildman–Crippen LogP) is 3.38. The zero-order chi connectivity index (χ0) is 15.5. The lowest BCUT2D eigenvalue weighted by molar-refractivity contribution is 0.00597. The fourth-order valence-electron chi connectivity index (χ4n) is 3.88. The van der Waals surface area contributed by atoms with Gasteiger partial charge in [0.05, 0.1) is 13.2 Å². The fourth-order valence-corrected chi connectivity index (χ4v) is 3.88. The van der Waals surface area contributed by atoms with E-state index in [9.17, 15) is 5.11 Å². The highest BCUT2D eigenvalue weighted by molar-refractivity contribution is 5.38. The number of ether oxygens (including phenoxy) is 1. The van der Waals surface area contributed by atoms with Crippen molar-refractivity contribution in [3.05, 3.63) is 29.3 Å². The molecule has 1 aliphatic rings. The number of methoxy groups -OCH3 is 1. The number of nitrogens with two attached hydrogens (primary N) is 1. The lowest BCUT2D eigenvalue weighted by atomic mass is 9.71. The number of aliphatic hydroxyl groups excluding tert-OH is 1. The molecule has 0 spiro atoms. The van der Waals surface area contributed by atoms with Crippen molar-refractivity contribution in [2.75, 3.05) is 13.7 Å². The molecule has 0 saturated heterocycles. The highest BCUT2D eigenvalue weighted by atomic mass is 16.5. The van der Waals surface area contributed by atoms with Gasteiger partial charge in [-0.1, -0.05) is 31.9 Å². The Morgan fingerprint density at radius 2 is 2.00 bits per heavy atom. The predicted molar refractivity (Wildman–Crippen MR) is 86.7 cm³/mol. The highest BCUT2D eigenvalue weighted by Gasteiger charge is 2.42. The van der Waals surface area contributed by atoms with Crippen LogP contribution in [0.3, 0.4) is 0 Å². The van der Waals surface area contributed by atoms with Crippen LogP contribution in [-0.4, -0.2) is 24.9 Å². The Morgan fingerprint density at radius 1 is 1.33 bits per heavy atom. The Bertz CT molecular complexity index is 466. The maximum atomic E-state index is 11.0. The minimum absolute atomic E-state index is 0.0162. The third kappa shape index (κ3) is 3.09. The van der Waals surface area contributed by atoms with E-state index in [0.29, 0.717) is 6.54 Å². The summed E-state index contributed by atoms with van der Waals surface area (Å²) in [5.74, 6) is 0.854. The maximum Gasteiger partial charge on any atom is 0.122 e. The number of hydrogen-bond donors (Lipinski definition) is 2. The molecule has 1 fully saturated rings. The summed E-state index contributed by atoms with van der Waals surface area (Å²) in [5, 5.41) is 11.0. The Balaban J connectivity index is 2.30. The SMILES string of the molecule is CCC1(C(O)C(CN)c2ccc(C)c(OC)c2)CCCC1. The van der Waals surface area contributed by atoms with E-state index in [2.05, 4.69) is 19.1 Å². The van der Waals surface area contributed by atoms with E-state index < -0.39 is 0 Å². The molecule has 3 nitrogen and oxygen atoms in total. The van der Waals surface area contributed by atoms with Gasteiger partial charge in [-0.25, -0.2) is 0 Å². The van der Waals surface area contributed by atoms with E-state index in [1.165, 1.54) is 12.8 Å². The van der Waals surface area contributed by atoms with Crippen molar-refractivity contribution in [1.29, 1.82) is 0 Å². The molecule has 1 aliphatic carbocycles. The van der Waals surface area contributed by atoms with Crippen LogP contribution < -0.4 is 10.5 Å². The first-order chi connectivity index (χ1) is 10.1. The molecule has 2 atom stereocenters. The van der Waals surface area contributed by atoms with Gasteiger partial charge in [-0.2, -0.15) is 0 Å². The molecule has 0 amide bonds. The molecule has 0 heterocycles. The van der Waals surface area contributed by atoms with E-state index in [4.69, 9.17) is 10.5 Å². The van der Waals surface area contributed by atoms with E-state index >= 15 is 0 Å². The summed E-state index contributed by atoms with van der Waals surface area (Å²) in [4.78, 5) is 0. The molecule has 21 heavy (non-hydrogen) atoms. The van der Waals surface area contributed by atoms with Crippen LogP contribution in [0.15, 0.2) is 18.2 Å². The zero-order valence-electron chi connectivity index (χ0n) is 13.6. The van der Waals surface area contributed by atoms with Crippen molar-refractivity contribution in [3.63, 3.8) is 0 Å². The number of rotatable bonds is 6. The van der Waals surface area contributed by atoms with Crippen molar-refractivity contribution in [2.24, 2.45) is 11.1 Å². The van der Waals surface area contributed by atoms with Crippen LogP contribution in [0.25, 0.3) is 0 Å². The number of benzene rings is 1. The molecular weight excluding hydrogens is 262 g/mol. The smallest absolute Gasteiger partial charge is 0.122 e. The normalized spacial score (nSPS) is 20.2. The van der Waals surface area contributed by atoms with Crippen LogP contribution in [0.4, 0.5) is 0 Å². The Morgan fingerprint density at radius 3 is 2.52 bits per heavy atom. The summed E-state index contributed by atoms with van der Waals surface area (Å²) in [6.07, 6.45) is 5.32. The van der Waals surface area contributed by atoms with Crippen LogP contribution in [0.2, 0.25) is 0 Å². The Kier molecular flexibility index (Phi) is 5.28. The summed E-state index contributed by atoms with van der Waals surface area (Å²) in [5.41, 5.74) is 8.26. The standard InChI is InChI=1S/C18H29NO2/c1-4-18(9-5-6-10-18)17(20)15(12-19)14-8-7-13(2)16(11-14)21-3/h7-8,11,15,17,20H,4-6,9-10,12,19H2,1-3H3. The first-order valence-electron chi connectivity index (χ1n) is 8.10. The molecule has 3 N–H and O–H groups in total. The average molecular weight is 291 g/mol. The van der Waals surface area contributed by atoms with Crippen LogP contribution >= 0.6 is 0 Å². The lowest BCUT2D eigenvalue weighted by Gasteiger charge is -2.38. The minimum Gasteiger partial charge on any atom is -0.496 e. The molecule has 0 aromatic heterocycles. The van der Waals surface area contributed by atoms with Crippen LogP contribution in [-0.2, 0) is 0 Å². The quantitative estimate of drug-likeness (QED) is 0.845. The molecule has 0 radical (unpaired) electrons. The number of hydrogen-bond acceptors (Lipinski definition) is 3. The maximum absolute atomic E-state index is 11.0. The van der Waals surface area contributed by atoms with Gasteiger partial charge in [0.15, 0.2) is 0 Å². The molecule has 1 saturated carbocycles. The van der Waals surface area contributed by atoms with Gasteiger partial charge in [-0.3, -0.25) is 0 Å². The van der Waals surface area contributed by atoms with Gasteiger partial charge in [0.2, 0.25) is 0 Å². The second-order valence-electron chi connectivity index (χ2n) is 6.44. The van der Waals surface area contributed by atoms with E-state index in [1.54, 1.807) is 7.11 Å². The largest absolute Gasteiger partial charge is 0.496 e. The molecule has 0 bridgehead atoms. The highest BCUT2D eigenvalue weighted by Crippen LogP contribution is 2.47. The molecule has 1 aromatic rings.